The molecule has 152 valence electrons. The summed E-state index contributed by atoms with van der Waals surface area (Å²) in [6.45, 7) is 0. The van der Waals surface area contributed by atoms with Crippen LogP contribution in [0.25, 0.3) is 11.1 Å². The Morgan fingerprint density at radius 3 is 1.60 bits per heavy atom. The third kappa shape index (κ3) is 8.44. The van der Waals surface area contributed by atoms with Crippen molar-refractivity contribution in [3.05, 3.63) is 102 Å². The molecule has 0 aliphatic rings. The summed E-state index contributed by atoms with van der Waals surface area (Å²) in [6.07, 6.45) is 6.59. The smallest absolute Gasteiger partial charge is 0.423 e. The molecule has 8 heteroatoms. The Labute approximate surface area is 184 Å². The first-order valence-electron chi connectivity index (χ1n) is 8.98. The van der Waals surface area contributed by atoms with Crippen molar-refractivity contribution in [2.45, 2.75) is 0 Å². The highest BCUT2D eigenvalue weighted by molar-refractivity contribution is 9.10. The zero-order valence-electron chi connectivity index (χ0n) is 16.1. The molecule has 4 rings (SSSR count). The van der Waals surface area contributed by atoms with Crippen molar-refractivity contribution >= 4 is 39.9 Å². The molecule has 6 N–H and O–H groups in total. The number of pyridine rings is 2. The van der Waals surface area contributed by atoms with E-state index in [1.807, 2.05) is 66.9 Å². The van der Waals surface area contributed by atoms with E-state index in [-0.39, 0.29) is 0 Å². The van der Waals surface area contributed by atoms with E-state index in [0.29, 0.717) is 5.46 Å². The third-order valence-electron chi connectivity index (χ3n) is 3.76. The second kappa shape index (κ2) is 12.4. The van der Waals surface area contributed by atoms with Crippen LogP contribution >= 0.6 is 15.9 Å². The minimum atomic E-state index is -1.40. The van der Waals surface area contributed by atoms with Crippen molar-refractivity contribution in [2.75, 3.05) is 11.5 Å². The fourth-order valence-electron chi connectivity index (χ4n) is 2.20. The molecular formula is C22H22BBrN4O2. The van der Waals surface area contributed by atoms with Crippen LogP contribution in [0.5, 0.6) is 0 Å². The summed E-state index contributed by atoms with van der Waals surface area (Å²) < 4.78 is 1.06. The lowest BCUT2D eigenvalue weighted by atomic mass is 9.82. The number of rotatable bonds is 2. The van der Waals surface area contributed by atoms with Gasteiger partial charge in [0.05, 0.1) is 0 Å². The minimum absolute atomic E-state index is 0.414. The first kappa shape index (κ1) is 23.1. The largest absolute Gasteiger partial charge is 0.490 e. The molecule has 2 aromatic heterocycles. The highest BCUT2D eigenvalue weighted by Crippen LogP contribution is 2.18. The SMILES string of the molecule is Nc1ccc(-c2cccnc2)cc1.Nc1ccc(Br)cc1.OB(O)c1cccnc1. The van der Waals surface area contributed by atoms with Crippen molar-refractivity contribution in [1.82, 2.24) is 9.97 Å². The van der Waals surface area contributed by atoms with Gasteiger partial charge < -0.3 is 21.5 Å². The lowest BCUT2D eigenvalue weighted by molar-refractivity contribution is 0.425. The standard InChI is InChI=1S/C11H10N2.C6H6BrN.C5H6BNO2/c12-11-5-3-9(4-6-11)10-2-1-7-13-8-10;7-5-1-3-6(8)4-2-5;8-6(9)5-2-1-3-7-4-5/h1-8H,12H2;1-4H,8H2;1-4,8-9H. The minimum Gasteiger partial charge on any atom is -0.423 e. The summed E-state index contributed by atoms with van der Waals surface area (Å²) in [5.74, 6) is 0. The Morgan fingerprint density at radius 1 is 0.667 bits per heavy atom. The van der Waals surface area contributed by atoms with Crippen LogP contribution in [-0.4, -0.2) is 27.1 Å². The number of hydrogen-bond acceptors (Lipinski definition) is 6. The van der Waals surface area contributed by atoms with Gasteiger partial charge in [0.1, 0.15) is 0 Å². The first-order chi connectivity index (χ1) is 14.5. The van der Waals surface area contributed by atoms with E-state index < -0.39 is 7.12 Å². The number of nitrogen functional groups attached to an aromatic ring is 2. The summed E-state index contributed by atoms with van der Waals surface area (Å²) in [7, 11) is -1.40. The van der Waals surface area contributed by atoms with Gasteiger partial charge in [0.15, 0.2) is 0 Å². The van der Waals surface area contributed by atoms with Crippen molar-refractivity contribution in [2.24, 2.45) is 0 Å². The molecule has 6 nitrogen and oxygen atoms in total. The van der Waals surface area contributed by atoms with Crippen LogP contribution in [0.4, 0.5) is 11.4 Å². The Balaban J connectivity index is 0.000000167. The lowest BCUT2D eigenvalue weighted by Gasteiger charge is -2.00. The van der Waals surface area contributed by atoms with Crippen molar-refractivity contribution < 1.29 is 10.0 Å². The van der Waals surface area contributed by atoms with Crippen LogP contribution < -0.4 is 16.9 Å². The van der Waals surface area contributed by atoms with Gasteiger partial charge >= 0.3 is 7.12 Å². The predicted octanol–water partition coefficient (Wildman–Crippen LogP) is 3.12. The van der Waals surface area contributed by atoms with Crippen molar-refractivity contribution in [3.63, 3.8) is 0 Å². The lowest BCUT2D eigenvalue weighted by Crippen LogP contribution is -2.29. The highest BCUT2D eigenvalue weighted by Gasteiger charge is 2.08. The number of hydrogen-bond donors (Lipinski definition) is 4. The molecule has 0 amide bonds. The van der Waals surface area contributed by atoms with Gasteiger partial charge in [-0.3, -0.25) is 9.97 Å². The Morgan fingerprint density at radius 2 is 1.20 bits per heavy atom. The second-order valence-corrected chi connectivity index (χ2v) is 6.99. The van der Waals surface area contributed by atoms with Crippen LogP contribution in [0.2, 0.25) is 0 Å². The molecule has 0 radical (unpaired) electrons. The van der Waals surface area contributed by atoms with Gasteiger partial charge in [-0.15, -0.1) is 0 Å². The van der Waals surface area contributed by atoms with Crippen LogP contribution in [0.15, 0.2) is 102 Å². The summed E-state index contributed by atoms with van der Waals surface area (Å²) in [5.41, 5.74) is 15.2. The molecule has 0 fully saturated rings. The molecule has 0 spiro atoms. The Bertz CT molecular complexity index is 966. The number of aromatic nitrogens is 2. The quantitative estimate of drug-likeness (QED) is 0.267. The van der Waals surface area contributed by atoms with Gasteiger partial charge in [0.25, 0.3) is 0 Å². The maximum Gasteiger partial charge on any atom is 0.490 e. The maximum absolute atomic E-state index is 8.54. The topological polar surface area (TPSA) is 118 Å². The monoisotopic (exact) mass is 464 g/mol. The number of halogens is 1. The summed E-state index contributed by atoms with van der Waals surface area (Å²) in [6, 6.07) is 22.5. The van der Waals surface area contributed by atoms with Crippen LogP contribution in [-0.2, 0) is 0 Å². The zero-order chi connectivity index (χ0) is 21.8. The van der Waals surface area contributed by atoms with Gasteiger partial charge in [-0.1, -0.05) is 40.2 Å². The molecule has 30 heavy (non-hydrogen) atoms. The second-order valence-electron chi connectivity index (χ2n) is 6.08. The van der Waals surface area contributed by atoms with E-state index >= 15 is 0 Å². The van der Waals surface area contributed by atoms with Gasteiger partial charge in [0, 0.05) is 46.1 Å². The Hall–Kier alpha value is -3.20. The molecule has 0 atom stereocenters. The van der Waals surface area contributed by atoms with Gasteiger partial charge in [-0.2, -0.15) is 0 Å². The van der Waals surface area contributed by atoms with E-state index in [4.69, 9.17) is 21.5 Å². The molecule has 2 aromatic carbocycles. The normalized spacial score (nSPS) is 9.43. The highest BCUT2D eigenvalue weighted by atomic mass is 79.9. The van der Waals surface area contributed by atoms with E-state index in [9.17, 15) is 0 Å². The van der Waals surface area contributed by atoms with E-state index in [2.05, 4.69) is 25.9 Å². The number of nitrogens with two attached hydrogens (primary N) is 2. The van der Waals surface area contributed by atoms with Crippen LogP contribution in [0.3, 0.4) is 0 Å². The zero-order valence-corrected chi connectivity index (χ0v) is 17.7. The average Bonchev–Trinajstić information content (AvgIpc) is 2.78. The number of anilines is 2. The predicted molar refractivity (Wildman–Crippen MR) is 127 cm³/mol. The fourth-order valence-corrected chi connectivity index (χ4v) is 2.46. The van der Waals surface area contributed by atoms with E-state index in [0.717, 1.165) is 27.0 Å². The van der Waals surface area contributed by atoms with Gasteiger partial charge in [0.2, 0.25) is 0 Å². The first-order valence-corrected chi connectivity index (χ1v) is 9.78. The molecule has 0 unspecified atom stereocenters. The van der Waals surface area contributed by atoms with Crippen LogP contribution in [0.1, 0.15) is 0 Å². The molecule has 4 aromatic rings. The van der Waals surface area contributed by atoms with E-state index in [1.54, 1.807) is 24.5 Å². The maximum atomic E-state index is 8.54. The van der Waals surface area contributed by atoms with Crippen LogP contribution in [0, 0.1) is 0 Å². The molecule has 0 saturated heterocycles. The van der Waals surface area contributed by atoms with E-state index in [1.165, 1.54) is 6.20 Å². The fraction of sp³-hybridized carbons (Fsp3) is 0. The molecular weight excluding hydrogens is 443 g/mol. The molecule has 2 heterocycles. The van der Waals surface area contributed by atoms with Gasteiger partial charge in [-0.25, -0.2) is 0 Å². The molecule has 0 aliphatic carbocycles. The summed E-state index contributed by atoms with van der Waals surface area (Å²) >= 11 is 3.29. The van der Waals surface area contributed by atoms with Crippen molar-refractivity contribution in [1.29, 1.82) is 0 Å². The number of benzene rings is 2. The molecule has 0 aliphatic heterocycles. The Kier molecular flexibility index (Phi) is 9.53. The summed E-state index contributed by atoms with van der Waals surface area (Å²) in [4.78, 5) is 7.74. The summed E-state index contributed by atoms with van der Waals surface area (Å²) in [5, 5.41) is 17.1. The van der Waals surface area contributed by atoms with Crippen molar-refractivity contribution in [3.8, 4) is 11.1 Å². The average molecular weight is 465 g/mol. The third-order valence-corrected chi connectivity index (χ3v) is 4.29. The molecule has 0 bridgehead atoms. The number of nitrogens with zero attached hydrogens (tertiary/aromatic N) is 2. The van der Waals surface area contributed by atoms with Gasteiger partial charge in [-0.05, 0) is 59.7 Å². The molecule has 0 saturated carbocycles.